The molecule has 2 aliphatic rings. The number of likely N-dealkylation sites (N-methyl/N-ethyl adjacent to an activating group) is 1. The lowest BCUT2D eigenvalue weighted by Gasteiger charge is -2.45. The Morgan fingerprint density at radius 3 is 2.55 bits per heavy atom. The van der Waals surface area contributed by atoms with E-state index in [0.717, 1.165) is 6.42 Å². The first-order chi connectivity index (χ1) is 9.85. The SMILES string of the molecule is CNC(Cc1ccccn1)C1(N2CCCC2)CCCC1. The Hall–Kier alpha value is -0.930. The van der Waals surface area contributed by atoms with Crippen LogP contribution in [-0.2, 0) is 6.42 Å². The van der Waals surface area contributed by atoms with E-state index in [2.05, 4.69) is 34.4 Å². The quantitative estimate of drug-likeness (QED) is 0.894. The first-order valence-corrected chi connectivity index (χ1v) is 8.17. The highest BCUT2D eigenvalue weighted by Gasteiger charge is 2.45. The molecule has 0 aromatic carbocycles. The summed E-state index contributed by atoms with van der Waals surface area (Å²) in [6, 6.07) is 6.80. The number of aromatic nitrogens is 1. The van der Waals surface area contributed by atoms with Crippen LogP contribution in [0.5, 0.6) is 0 Å². The van der Waals surface area contributed by atoms with E-state index < -0.39 is 0 Å². The largest absolute Gasteiger partial charge is 0.315 e. The number of pyridine rings is 1. The summed E-state index contributed by atoms with van der Waals surface area (Å²) in [5.74, 6) is 0. The van der Waals surface area contributed by atoms with Gasteiger partial charge in [0, 0.05) is 29.9 Å². The lowest BCUT2D eigenvalue weighted by atomic mass is 9.83. The van der Waals surface area contributed by atoms with E-state index in [1.807, 2.05) is 12.3 Å². The molecule has 1 saturated heterocycles. The average molecular weight is 273 g/mol. The van der Waals surface area contributed by atoms with Crippen LogP contribution < -0.4 is 5.32 Å². The van der Waals surface area contributed by atoms with Gasteiger partial charge in [0.25, 0.3) is 0 Å². The Balaban J connectivity index is 1.80. The van der Waals surface area contributed by atoms with E-state index >= 15 is 0 Å². The fourth-order valence-electron chi connectivity index (χ4n) is 4.32. The minimum absolute atomic E-state index is 0.378. The Morgan fingerprint density at radius 1 is 1.20 bits per heavy atom. The molecule has 1 aliphatic heterocycles. The highest BCUT2D eigenvalue weighted by molar-refractivity contribution is 5.12. The second-order valence-electron chi connectivity index (χ2n) is 6.37. The number of likely N-dealkylation sites (tertiary alicyclic amines) is 1. The van der Waals surface area contributed by atoms with Crippen molar-refractivity contribution >= 4 is 0 Å². The van der Waals surface area contributed by atoms with E-state index in [0.29, 0.717) is 11.6 Å². The van der Waals surface area contributed by atoms with Gasteiger partial charge < -0.3 is 5.32 Å². The Kier molecular flexibility index (Phi) is 4.37. The number of hydrogen-bond acceptors (Lipinski definition) is 3. The van der Waals surface area contributed by atoms with Gasteiger partial charge in [-0.1, -0.05) is 18.9 Å². The van der Waals surface area contributed by atoms with Crippen LogP contribution in [0.1, 0.15) is 44.2 Å². The number of nitrogens with zero attached hydrogens (tertiary/aromatic N) is 2. The zero-order valence-corrected chi connectivity index (χ0v) is 12.6. The Labute approximate surface area is 122 Å². The summed E-state index contributed by atoms with van der Waals surface area (Å²) in [7, 11) is 2.13. The van der Waals surface area contributed by atoms with Crippen molar-refractivity contribution in [1.82, 2.24) is 15.2 Å². The van der Waals surface area contributed by atoms with Crippen LogP contribution in [0.3, 0.4) is 0 Å². The van der Waals surface area contributed by atoms with Crippen LogP contribution in [0.4, 0.5) is 0 Å². The molecule has 3 rings (SSSR count). The molecule has 1 atom stereocenters. The molecule has 1 aromatic rings. The molecule has 1 aliphatic carbocycles. The van der Waals surface area contributed by atoms with Gasteiger partial charge in [-0.25, -0.2) is 0 Å². The van der Waals surface area contributed by atoms with E-state index in [4.69, 9.17) is 0 Å². The summed E-state index contributed by atoms with van der Waals surface area (Å²) >= 11 is 0. The van der Waals surface area contributed by atoms with Crippen molar-refractivity contribution in [2.75, 3.05) is 20.1 Å². The van der Waals surface area contributed by atoms with Gasteiger partial charge in [0.1, 0.15) is 0 Å². The first kappa shape index (κ1) is 14.0. The molecule has 0 amide bonds. The average Bonchev–Trinajstić information content (AvgIpc) is 3.17. The Bertz CT molecular complexity index is 406. The van der Waals surface area contributed by atoms with E-state index in [-0.39, 0.29) is 0 Å². The predicted octanol–water partition coefficient (Wildman–Crippen LogP) is 2.62. The lowest BCUT2D eigenvalue weighted by Crippen LogP contribution is -2.59. The summed E-state index contributed by atoms with van der Waals surface area (Å²) in [5.41, 5.74) is 1.60. The molecule has 1 saturated carbocycles. The van der Waals surface area contributed by atoms with Crippen LogP contribution in [-0.4, -0.2) is 41.6 Å². The van der Waals surface area contributed by atoms with Crippen LogP contribution >= 0.6 is 0 Å². The second kappa shape index (κ2) is 6.23. The van der Waals surface area contributed by atoms with Gasteiger partial charge in [-0.2, -0.15) is 0 Å². The molecule has 3 nitrogen and oxygen atoms in total. The lowest BCUT2D eigenvalue weighted by molar-refractivity contribution is 0.0794. The minimum atomic E-state index is 0.378. The van der Waals surface area contributed by atoms with Gasteiger partial charge in [-0.15, -0.1) is 0 Å². The maximum atomic E-state index is 4.54. The molecule has 0 spiro atoms. The van der Waals surface area contributed by atoms with Gasteiger partial charge in [-0.05, 0) is 58.0 Å². The third kappa shape index (κ3) is 2.61. The van der Waals surface area contributed by atoms with Gasteiger partial charge in [0.15, 0.2) is 0 Å². The smallest absolute Gasteiger partial charge is 0.0419 e. The van der Waals surface area contributed by atoms with Crippen molar-refractivity contribution < 1.29 is 0 Å². The van der Waals surface area contributed by atoms with E-state index in [9.17, 15) is 0 Å². The molecule has 1 N–H and O–H groups in total. The Morgan fingerprint density at radius 2 is 1.95 bits per heavy atom. The third-order valence-electron chi connectivity index (χ3n) is 5.34. The molecule has 1 aromatic heterocycles. The number of nitrogens with one attached hydrogen (secondary N) is 1. The van der Waals surface area contributed by atoms with Crippen molar-refractivity contribution in [1.29, 1.82) is 0 Å². The molecule has 0 bridgehead atoms. The fraction of sp³-hybridized carbons (Fsp3) is 0.706. The molecule has 2 heterocycles. The van der Waals surface area contributed by atoms with Gasteiger partial charge in [0.2, 0.25) is 0 Å². The van der Waals surface area contributed by atoms with Crippen molar-refractivity contribution in [2.45, 2.75) is 56.5 Å². The molecule has 0 radical (unpaired) electrons. The second-order valence-corrected chi connectivity index (χ2v) is 6.37. The van der Waals surface area contributed by atoms with Crippen LogP contribution in [0, 0.1) is 0 Å². The van der Waals surface area contributed by atoms with Crippen molar-refractivity contribution in [3.8, 4) is 0 Å². The molecular weight excluding hydrogens is 246 g/mol. The molecular formula is C17H27N3. The van der Waals surface area contributed by atoms with Crippen molar-refractivity contribution in [3.63, 3.8) is 0 Å². The van der Waals surface area contributed by atoms with Gasteiger partial charge in [-0.3, -0.25) is 9.88 Å². The first-order valence-electron chi connectivity index (χ1n) is 8.17. The third-order valence-corrected chi connectivity index (χ3v) is 5.34. The van der Waals surface area contributed by atoms with Gasteiger partial charge in [0.05, 0.1) is 0 Å². The zero-order chi connectivity index (χ0) is 13.8. The fourth-order valence-corrected chi connectivity index (χ4v) is 4.32. The van der Waals surface area contributed by atoms with Crippen molar-refractivity contribution in [3.05, 3.63) is 30.1 Å². The van der Waals surface area contributed by atoms with Gasteiger partial charge >= 0.3 is 0 Å². The number of rotatable bonds is 5. The summed E-state index contributed by atoms with van der Waals surface area (Å²) in [6.07, 6.45) is 11.2. The molecule has 20 heavy (non-hydrogen) atoms. The van der Waals surface area contributed by atoms with E-state index in [1.165, 1.54) is 57.3 Å². The minimum Gasteiger partial charge on any atom is -0.315 e. The summed E-state index contributed by atoms with van der Waals surface area (Å²) in [4.78, 5) is 7.32. The monoisotopic (exact) mass is 273 g/mol. The highest BCUT2D eigenvalue weighted by Crippen LogP contribution is 2.40. The summed E-state index contributed by atoms with van der Waals surface area (Å²) in [5, 5.41) is 3.63. The summed E-state index contributed by atoms with van der Waals surface area (Å²) < 4.78 is 0. The molecule has 2 fully saturated rings. The molecule has 110 valence electrons. The maximum absolute atomic E-state index is 4.54. The summed E-state index contributed by atoms with van der Waals surface area (Å²) in [6.45, 7) is 2.58. The molecule has 1 unspecified atom stereocenters. The van der Waals surface area contributed by atoms with Crippen LogP contribution in [0.2, 0.25) is 0 Å². The maximum Gasteiger partial charge on any atom is 0.0419 e. The van der Waals surface area contributed by atoms with Crippen LogP contribution in [0.25, 0.3) is 0 Å². The topological polar surface area (TPSA) is 28.2 Å². The predicted molar refractivity (Wildman–Crippen MR) is 82.8 cm³/mol. The standard InChI is InChI=1S/C17H27N3/c1-18-16(14-15-8-2-5-11-19-15)17(9-3-4-10-17)20-12-6-7-13-20/h2,5,8,11,16,18H,3-4,6-7,9-10,12-14H2,1H3. The normalized spacial score (nSPS) is 24.1. The van der Waals surface area contributed by atoms with E-state index in [1.54, 1.807) is 0 Å². The van der Waals surface area contributed by atoms with Crippen molar-refractivity contribution in [2.24, 2.45) is 0 Å². The zero-order valence-electron chi connectivity index (χ0n) is 12.6. The number of hydrogen-bond donors (Lipinski definition) is 1. The molecule has 3 heteroatoms. The highest BCUT2D eigenvalue weighted by atomic mass is 15.2. The van der Waals surface area contributed by atoms with Crippen LogP contribution in [0.15, 0.2) is 24.4 Å².